The second kappa shape index (κ2) is 9.34. The van der Waals surface area contributed by atoms with Gasteiger partial charge in [-0.15, -0.1) is 0 Å². The van der Waals surface area contributed by atoms with Gasteiger partial charge >= 0.3 is 0 Å². The van der Waals surface area contributed by atoms with Crippen molar-refractivity contribution in [2.45, 2.75) is 53.4 Å². The van der Waals surface area contributed by atoms with E-state index in [1.165, 1.54) is 10.6 Å². The highest BCUT2D eigenvalue weighted by atomic mass is 31.1. The van der Waals surface area contributed by atoms with Crippen molar-refractivity contribution in [1.82, 2.24) is 0 Å². The van der Waals surface area contributed by atoms with Gasteiger partial charge < -0.3 is 0 Å². The van der Waals surface area contributed by atoms with Crippen LogP contribution in [0.2, 0.25) is 0 Å². The minimum Gasteiger partial charge on any atom is -0.0622 e. The molecule has 0 saturated carbocycles. The summed E-state index contributed by atoms with van der Waals surface area (Å²) in [5.74, 6) is 0. The van der Waals surface area contributed by atoms with Crippen LogP contribution in [0.25, 0.3) is 0 Å². The van der Waals surface area contributed by atoms with Gasteiger partial charge in [-0.05, 0) is 71.8 Å². The second-order valence-electron chi connectivity index (χ2n) is 6.91. The molecule has 1 heteroatoms. The summed E-state index contributed by atoms with van der Waals surface area (Å²) in [6.07, 6.45) is 4.47. The van der Waals surface area contributed by atoms with Crippen LogP contribution in [0.5, 0.6) is 0 Å². The fraction of sp³-hybridized carbons (Fsp3) is 0.308. The van der Waals surface area contributed by atoms with Crippen LogP contribution in [0, 0.1) is 0 Å². The van der Waals surface area contributed by atoms with Crippen LogP contribution in [-0.4, -0.2) is 0 Å². The van der Waals surface area contributed by atoms with Crippen LogP contribution >= 0.6 is 7.92 Å². The van der Waals surface area contributed by atoms with E-state index in [1.807, 2.05) is 0 Å². The van der Waals surface area contributed by atoms with Crippen molar-refractivity contribution < 1.29 is 0 Å². The maximum Gasteiger partial charge on any atom is -0.0114 e. The van der Waals surface area contributed by atoms with Crippen molar-refractivity contribution >= 4 is 23.8 Å². The van der Waals surface area contributed by atoms with Gasteiger partial charge in [0.1, 0.15) is 0 Å². The molecular weight excluding hydrogens is 343 g/mol. The molecule has 0 saturated heterocycles. The second-order valence-corrected chi connectivity index (χ2v) is 9.10. The summed E-state index contributed by atoms with van der Waals surface area (Å²) in [5, 5.41) is 4.46. The summed E-state index contributed by atoms with van der Waals surface area (Å²) in [6.45, 7) is 9.26. The highest BCUT2D eigenvalue weighted by Crippen LogP contribution is 2.37. The fourth-order valence-corrected chi connectivity index (χ4v) is 6.87. The van der Waals surface area contributed by atoms with Crippen LogP contribution in [0.3, 0.4) is 0 Å². The van der Waals surface area contributed by atoms with E-state index in [1.54, 1.807) is 27.6 Å². The molecule has 0 aromatic heterocycles. The molecule has 0 heterocycles. The highest BCUT2D eigenvalue weighted by Gasteiger charge is 2.23. The first-order valence-electron chi connectivity index (χ1n) is 10.3. The van der Waals surface area contributed by atoms with E-state index in [9.17, 15) is 0 Å². The van der Waals surface area contributed by atoms with E-state index in [-0.39, 0.29) is 0 Å². The average molecular weight is 375 g/mol. The van der Waals surface area contributed by atoms with Crippen LogP contribution in [-0.2, 0) is 25.7 Å². The first kappa shape index (κ1) is 19.8. The number of hydrogen-bond donors (Lipinski definition) is 0. The Morgan fingerprint density at radius 1 is 0.556 bits per heavy atom. The first-order chi connectivity index (χ1) is 13.2. The SMILES string of the molecule is CCc1cc(P(c2ccccc2)c2ccccc2)c(CC)c(CC)c1CC. The third-order valence-electron chi connectivity index (χ3n) is 5.45. The van der Waals surface area contributed by atoms with Crippen LogP contribution < -0.4 is 15.9 Å². The van der Waals surface area contributed by atoms with Gasteiger partial charge in [-0.25, -0.2) is 0 Å². The molecule has 3 aromatic carbocycles. The van der Waals surface area contributed by atoms with Crippen molar-refractivity contribution in [3.05, 3.63) is 89.0 Å². The Kier molecular flexibility index (Phi) is 6.86. The summed E-state index contributed by atoms with van der Waals surface area (Å²) in [7, 11) is -0.534. The number of hydrogen-bond acceptors (Lipinski definition) is 0. The lowest BCUT2D eigenvalue weighted by Gasteiger charge is -2.27. The van der Waals surface area contributed by atoms with Gasteiger partial charge in [-0.1, -0.05) is 94.4 Å². The molecule has 0 spiro atoms. The maximum absolute atomic E-state index is 2.54. The zero-order chi connectivity index (χ0) is 19.2. The normalized spacial score (nSPS) is 11.1. The van der Waals surface area contributed by atoms with Gasteiger partial charge in [-0.3, -0.25) is 0 Å². The molecule has 27 heavy (non-hydrogen) atoms. The lowest BCUT2D eigenvalue weighted by molar-refractivity contribution is 0.952. The molecule has 0 fully saturated rings. The quantitative estimate of drug-likeness (QED) is 0.466. The number of aryl methyl sites for hydroxylation is 1. The Morgan fingerprint density at radius 3 is 1.44 bits per heavy atom. The summed E-state index contributed by atoms with van der Waals surface area (Å²) >= 11 is 0. The van der Waals surface area contributed by atoms with Crippen LogP contribution in [0.4, 0.5) is 0 Å². The van der Waals surface area contributed by atoms with Gasteiger partial charge in [0.05, 0.1) is 0 Å². The van der Waals surface area contributed by atoms with Gasteiger partial charge in [-0.2, -0.15) is 0 Å². The van der Waals surface area contributed by atoms with E-state index in [2.05, 4.69) is 94.4 Å². The third kappa shape index (κ3) is 4.02. The molecular formula is C26H31P. The average Bonchev–Trinajstić information content (AvgIpc) is 2.74. The van der Waals surface area contributed by atoms with Crippen LogP contribution in [0.15, 0.2) is 66.7 Å². The van der Waals surface area contributed by atoms with E-state index in [4.69, 9.17) is 0 Å². The number of benzene rings is 3. The monoisotopic (exact) mass is 374 g/mol. The van der Waals surface area contributed by atoms with Crippen molar-refractivity contribution in [2.24, 2.45) is 0 Å². The predicted molar refractivity (Wildman–Crippen MR) is 123 cm³/mol. The van der Waals surface area contributed by atoms with E-state index >= 15 is 0 Å². The molecule has 3 rings (SSSR count). The van der Waals surface area contributed by atoms with Crippen LogP contribution in [0.1, 0.15) is 49.9 Å². The van der Waals surface area contributed by atoms with Gasteiger partial charge in [0.25, 0.3) is 0 Å². The molecule has 0 aliphatic rings. The van der Waals surface area contributed by atoms with Gasteiger partial charge in [0.2, 0.25) is 0 Å². The summed E-state index contributed by atoms with van der Waals surface area (Å²) in [5.41, 5.74) is 6.33. The molecule has 0 aliphatic carbocycles. The van der Waals surface area contributed by atoms with E-state index in [0.717, 1.165) is 25.7 Å². The third-order valence-corrected chi connectivity index (χ3v) is 7.96. The lowest BCUT2D eigenvalue weighted by Crippen LogP contribution is -2.26. The summed E-state index contributed by atoms with van der Waals surface area (Å²) in [4.78, 5) is 0. The molecule has 3 aromatic rings. The van der Waals surface area contributed by atoms with Crippen molar-refractivity contribution in [3.63, 3.8) is 0 Å². The Bertz CT molecular complexity index is 826. The highest BCUT2D eigenvalue weighted by molar-refractivity contribution is 7.79. The lowest BCUT2D eigenvalue weighted by atomic mass is 9.90. The maximum atomic E-state index is 2.54. The first-order valence-corrected chi connectivity index (χ1v) is 11.7. The Morgan fingerprint density at radius 2 is 1.04 bits per heavy atom. The van der Waals surface area contributed by atoms with Gasteiger partial charge in [0.15, 0.2) is 0 Å². The summed E-state index contributed by atoms with van der Waals surface area (Å²) in [6, 6.07) is 24.8. The zero-order valence-electron chi connectivity index (χ0n) is 17.1. The Balaban J connectivity index is 2.32. The predicted octanol–water partition coefficient (Wildman–Crippen LogP) is 5.69. The molecule has 0 amide bonds. The molecule has 0 atom stereocenters. The molecule has 0 bridgehead atoms. The largest absolute Gasteiger partial charge is 0.0622 e. The Hall–Kier alpha value is -1.91. The molecule has 0 aliphatic heterocycles. The van der Waals surface area contributed by atoms with E-state index in [0.29, 0.717) is 0 Å². The molecule has 0 N–H and O–H groups in total. The molecule has 0 nitrogen and oxygen atoms in total. The Labute approximate surface area is 166 Å². The smallest absolute Gasteiger partial charge is 0.0114 e. The van der Waals surface area contributed by atoms with Crippen molar-refractivity contribution in [2.75, 3.05) is 0 Å². The molecule has 0 unspecified atom stereocenters. The minimum absolute atomic E-state index is 0.534. The summed E-state index contributed by atoms with van der Waals surface area (Å²) < 4.78 is 0. The van der Waals surface area contributed by atoms with E-state index < -0.39 is 7.92 Å². The number of rotatable bonds is 7. The van der Waals surface area contributed by atoms with Crippen molar-refractivity contribution in [3.8, 4) is 0 Å². The minimum atomic E-state index is -0.534. The standard InChI is InChI=1S/C26H31P/c1-5-20-19-26(25(8-4)24(7-3)23(20)6-2)27(21-15-11-9-12-16-21)22-17-13-10-14-18-22/h9-19H,5-8H2,1-4H3. The molecule has 0 radical (unpaired) electrons. The molecule has 140 valence electrons. The van der Waals surface area contributed by atoms with Gasteiger partial charge in [0, 0.05) is 0 Å². The fourth-order valence-electron chi connectivity index (χ4n) is 4.23. The zero-order valence-corrected chi connectivity index (χ0v) is 18.0. The van der Waals surface area contributed by atoms with Crippen molar-refractivity contribution in [1.29, 1.82) is 0 Å². The topological polar surface area (TPSA) is 0 Å².